The number of para-hydroxylation sites is 1. The number of carbonyl (C=O) groups is 1. The molecule has 1 atom stereocenters. The Morgan fingerprint density at radius 3 is 2.37 bits per heavy atom. The number of non-ortho nitro benzene ring substituents is 1. The van der Waals surface area contributed by atoms with Crippen molar-refractivity contribution in [3.05, 3.63) is 106 Å². The van der Waals surface area contributed by atoms with E-state index in [0.717, 1.165) is 34.3 Å². The molecular formula is C28H25F3N4O3. The minimum Gasteiger partial charge on any atom is -0.368 e. The molecule has 1 N–H and O–H groups in total. The van der Waals surface area contributed by atoms with Crippen LogP contribution in [-0.2, 0) is 11.0 Å². The molecular weight excluding hydrogens is 497 g/mol. The average molecular weight is 523 g/mol. The van der Waals surface area contributed by atoms with Crippen LogP contribution in [0.5, 0.6) is 0 Å². The van der Waals surface area contributed by atoms with E-state index < -0.39 is 22.6 Å². The Balaban J connectivity index is 1.36. The third-order valence-corrected chi connectivity index (χ3v) is 7.05. The smallest absolute Gasteiger partial charge is 0.368 e. The largest absolute Gasteiger partial charge is 0.416 e. The zero-order chi connectivity index (χ0) is 26.9. The summed E-state index contributed by atoms with van der Waals surface area (Å²) in [6.45, 7) is 1.98. The molecule has 0 unspecified atom stereocenters. The first-order chi connectivity index (χ1) is 18.2. The number of nitro benzene ring substituents is 1. The van der Waals surface area contributed by atoms with Gasteiger partial charge in [0.25, 0.3) is 5.69 Å². The first-order valence-corrected chi connectivity index (χ1v) is 12.2. The van der Waals surface area contributed by atoms with Gasteiger partial charge in [0, 0.05) is 73.4 Å². The van der Waals surface area contributed by atoms with Crippen molar-refractivity contribution in [2.45, 2.75) is 18.5 Å². The molecule has 4 aromatic rings. The normalized spacial score (nSPS) is 15.0. The van der Waals surface area contributed by atoms with Gasteiger partial charge >= 0.3 is 6.18 Å². The number of hydrogen-bond donors (Lipinski definition) is 1. The van der Waals surface area contributed by atoms with Gasteiger partial charge in [-0.3, -0.25) is 14.9 Å². The quantitative estimate of drug-likeness (QED) is 0.250. The lowest BCUT2D eigenvalue weighted by atomic mass is 9.87. The zero-order valence-corrected chi connectivity index (χ0v) is 20.3. The summed E-state index contributed by atoms with van der Waals surface area (Å²) in [4.78, 5) is 30.9. The molecule has 196 valence electrons. The van der Waals surface area contributed by atoms with Crippen LogP contribution in [-0.4, -0.2) is 46.9 Å². The molecule has 10 heteroatoms. The number of hydrogen-bond acceptors (Lipinski definition) is 4. The highest BCUT2D eigenvalue weighted by atomic mass is 19.4. The number of aromatic amines is 1. The predicted octanol–water partition coefficient (Wildman–Crippen LogP) is 5.97. The predicted molar refractivity (Wildman–Crippen MR) is 138 cm³/mol. The number of halogens is 3. The number of anilines is 1. The SMILES string of the molecule is O=C(C[C@H](c1cccc(C(F)(F)F)c1)c1c[nH]c2ccccc12)N1CCN(c2ccc([N+](=O)[O-])cc2)CC1. The molecule has 1 fully saturated rings. The second kappa shape index (κ2) is 10.2. The van der Waals surface area contributed by atoms with Crippen LogP contribution in [0.3, 0.4) is 0 Å². The van der Waals surface area contributed by atoms with Crippen molar-refractivity contribution in [1.82, 2.24) is 9.88 Å². The minimum absolute atomic E-state index is 0.0143. The summed E-state index contributed by atoms with van der Waals surface area (Å²) < 4.78 is 40.5. The van der Waals surface area contributed by atoms with Gasteiger partial charge in [-0.25, -0.2) is 0 Å². The van der Waals surface area contributed by atoms with Gasteiger partial charge in [-0.2, -0.15) is 13.2 Å². The van der Waals surface area contributed by atoms with E-state index in [0.29, 0.717) is 31.7 Å². The fourth-order valence-corrected chi connectivity index (χ4v) is 5.02. The highest BCUT2D eigenvalue weighted by molar-refractivity contribution is 5.86. The number of H-pyrrole nitrogens is 1. The van der Waals surface area contributed by atoms with E-state index in [1.807, 2.05) is 24.3 Å². The van der Waals surface area contributed by atoms with E-state index in [9.17, 15) is 28.1 Å². The summed E-state index contributed by atoms with van der Waals surface area (Å²) in [6, 6.07) is 19.0. The number of nitrogens with zero attached hydrogens (tertiary/aromatic N) is 3. The molecule has 0 radical (unpaired) electrons. The first kappa shape index (κ1) is 25.3. The van der Waals surface area contributed by atoms with Crippen LogP contribution in [0.1, 0.15) is 29.0 Å². The molecule has 1 aliphatic rings. The molecule has 1 amide bonds. The topological polar surface area (TPSA) is 82.5 Å². The second-order valence-corrected chi connectivity index (χ2v) is 9.31. The van der Waals surface area contributed by atoms with Gasteiger partial charge in [-0.1, -0.05) is 36.4 Å². The lowest BCUT2D eigenvalue weighted by Gasteiger charge is -2.36. The Morgan fingerprint density at radius 2 is 1.68 bits per heavy atom. The maximum absolute atomic E-state index is 13.5. The molecule has 1 aliphatic heterocycles. The van der Waals surface area contributed by atoms with E-state index >= 15 is 0 Å². The molecule has 38 heavy (non-hydrogen) atoms. The molecule has 3 aromatic carbocycles. The fraction of sp³-hybridized carbons (Fsp3) is 0.250. The molecule has 1 aromatic heterocycles. The first-order valence-electron chi connectivity index (χ1n) is 12.2. The highest BCUT2D eigenvalue weighted by Gasteiger charge is 2.32. The van der Waals surface area contributed by atoms with Gasteiger partial charge in [-0.15, -0.1) is 0 Å². The molecule has 0 saturated carbocycles. The van der Waals surface area contributed by atoms with Crippen LogP contribution < -0.4 is 4.90 Å². The van der Waals surface area contributed by atoms with Crippen molar-refractivity contribution in [3.8, 4) is 0 Å². The summed E-state index contributed by atoms with van der Waals surface area (Å²) in [7, 11) is 0. The van der Waals surface area contributed by atoms with E-state index in [1.54, 1.807) is 29.3 Å². The Bertz CT molecular complexity index is 1460. The molecule has 7 nitrogen and oxygen atoms in total. The summed E-state index contributed by atoms with van der Waals surface area (Å²) >= 11 is 0. The van der Waals surface area contributed by atoms with Crippen LogP contribution in [0.4, 0.5) is 24.5 Å². The number of nitrogens with one attached hydrogen (secondary N) is 1. The molecule has 2 heterocycles. The number of carbonyl (C=O) groups excluding carboxylic acids is 1. The van der Waals surface area contributed by atoms with Crippen molar-refractivity contribution in [3.63, 3.8) is 0 Å². The Labute approximate surface area is 216 Å². The molecule has 5 rings (SSSR count). The number of nitro groups is 1. The zero-order valence-electron chi connectivity index (χ0n) is 20.3. The van der Waals surface area contributed by atoms with Crippen LogP contribution in [0.2, 0.25) is 0 Å². The number of piperazine rings is 1. The summed E-state index contributed by atoms with van der Waals surface area (Å²) in [5, 5.41) is 11.8. The molecule has 0 bridgehead atoms. The summed E-state index contributed by atoms with van der Waals surface area (Å²) in [5.41, 5.74) is 2.16. The fourth-order valence-electron chi connectivity index (χ4n) is 5.02. The number of benzene rings is 3. The number of amides is 1. The minimum atomic E-state index is -4.49. The van der Waals surface area contributed by atoms with Crippen molar-refractivity contribution in [2.24, 2.45) is 0 Å². The van der Waals surface area contributed by atoms with Crippen molar-refractivity contribution >= 4 is 28.2 Å². The monoisotopic (exact) mass is 522 g/mol. The van der Waals surface area contributed by atoms with Crippen LogP contribution in [0, 0.1) is 10.1 Å². The van der Waals surface area contributed by atoms with Crippen LogP contribution in [0.15, 0.2) is 79.0 Å². The number of rotatable bonds is 6. The van der Waals surface area contributed by atoms with Gasteiger partial charge in [0.05, 0.1) is 10.5 Å². The standard InChI is InChI=1S/C28H25F3N4O3/c29-28(30,31)20-5-3-4-19(16-20)24(25-18-32-26-7-2-1-6-23(25)26)17-27(36)34-14-12-33(13-15-34)21-8-10-22(11-9-21)35(37)38/h1-11,16,18,24,32H,12-15,17H2/t24-/m1/s1. The Hall–Kier alpha value is -4.34. The highest BCUT2D eigenvalue weighted by Crippen LogP contribution is 2.37. The lowest BCUT2D eigenvalue weighted by molar-refractivity contribution is -0.384. The third kappa shape index (κ3) is 5.20. The van der Waals surface area contributed by atoms with E-state index in [4.69, 9.17) is 0 Å². The second-order valence-electron chi connectivity index (χ2n) is 9.31. The summed E-state index contributed by atoms with van der Waals surface area (Å²) in [6.07, 6.45) is -2.69. The van der Waals surface area contributed by atoms with Crippen molar-refractivity contribution in [2.75, 3.05) is 31.1 Å². The van der Waals surface area contributed by atoms with E-state index in [-0.39, 0.29) is 18.0 Å². The van der Waals surface area contributed by atoms with E-state index in [2.05, 4.69) is 9.88 Å². The number of aromatic nitrogens is 1. The van der Waals surface area contributed by atoms with Crippen molar-refractivity contribution < 1.29 is 22.9 Å². The van der Waals surface area contributed by atoms with Crippen LogP contribution >= 0.6 is 0 Å². The van der Waals surface area contributed by atoms with Gasteiger partial charge in [-0.05, 0) is 35.4 Å². The average Bonchev–Trinajstić information content (AvgIpc) is 3.35. The van der Waals surface area contributed by atoms with E-state index in [1.165, 1.54) is 18.2 Å². The van der Waals surface area contributed by atoms with Gasteiger partial charge in [0.1, 0.15) is 0 Å². The van der Waals surface area contributed by atoms with Gasteiger partial charge in [0.15, 0.2) is 0 Å². The van der Waals surface area contributed by atoms with Crippen LogP contribution in [0.25, 0.3) is 10.9 Å². The molecule has 0 spiro atoms. The molecule has 1 saturated heterocycles. The maximum atomic E-state index is 13.5. The maximum Gasteiger partial charge on any atom is 0.416 e. The number of alkyl halides is 3. The lowest BCUT2D eigenvalue weighted by Crippen LogP contribution is -2.49. The third-order valence-electron chi connectivity index (χ3n) is 7.05. The van der Waals surface area contributed by atoms with Gasteiger partial charge in [0.2, 0.25) is 5.91 Å². The number of fused-ring (bicyclic) bond motifs is 1. The molecule has 0 aliphatic carbocycles. The Kier molecular flexibility index (Phi) is 6.79. The van der Waals surface area contributed by atoms with Crippen molar-refractivity contribution in [1.29, 1.82) is 0 Å². The Morgan fingerprint density at radius 1 is 0.974 bits per heavy atom. The summed E-state index contributed by atoms with van der Waals surface area (Å²) in [5.74, 6) is -0.699. The van der Waals surface area contributed by atoms with Gasteiger partial charge < -0.3 is 14.8 Å².